The number of nitrogens with one attached hydrogen (secondary N) is 1. The van der Waals surface area contributed by atoms with Crippen LogP contribution in [-0.4, -0.2) is 10.9 Å². The van der Waals surface area contributed by atoms with Crippen molar-refractivity contribution in [2.45, 2.75) is 19.8 Å². The van der Waals surface area contributed by atoms with Crippen LogP contribution in [0.2, 0.25) is 0 Å². The van der Waals surface area contributed by atoms with Gasteiger partial charge >= 0.3 is 0 Å². The zero-order valence-electron chi connectivity index (χ0n) is 12.7. The summed E-state index contributed by atoms with van der Waals surface area (Å²) in [5.41, 5.74) is 3.36. The summed E-state index contributed by atoms with van der Waals surface area (Å²) in [6.45, 7) is 4.30. The number of benzene rings is 2. The van der Waals surface area contributed by atoms with E-state index in [1.165, 1.54) is 5.56 Å². The van der Waals surface area contributed by atoms with Gasteiger partial charge in [0.15, 0.2) is 0 Å². The Kier molecular flexibility index (Phi) is 3.88. The molecule has 0 radical (unpaired) electrons. The fraction of sp³-hybridized carbons (Fsp3) is 0.158. The van der Waals surface area contributed by atoms with E-state index in [2.05, 4.69) is 24.1 Å². The van der Waals surface area contributed by atoms with E-state index < -0.39 is 0 Å². The van der Waals surface area contributed by atoms with Gasteiger partial charge in [-0.1, -0.05) is 44.2 Å². The summed E-state index contributed by atoms with van der Waals surface area (Å²) >= 11 is 0. The molecule has 0 unspecified atom stereocenters. The van der Waals surface area contributed by atoms with Crippen molar-refractivity contribution in [2.24, 2.45) is 0 Å². The van der Waals surface area contributed by atoms with Crippen molar-refractivity contribution in [1.82, 2.24) is 4.98 Å². The van der Waals surface area contributed by atoms with Crippen LogP contribution < -0.4 is 5.32 Å². The number of nitrogens with zero attached hydrogens (tertiary/aromatic N) is 1. The fourth-order valence-corrected chi connectivity index (χ4v) is 2.44. The molecular formula is C19H18N2O. The van der Waals surface area contributed by atoms with Crippen LogP contribution in [0.25, 0.3) is 10.9 Å². The maximum atomic E-state index is 12.5. The van der Waals surface area contributed by atoms with E-state index in [0.717, 1.165) is 16.6 Å². The Labute approximate surface area is 130 Å². The molecule has 0 bridgehead atoms. The molecule has 0 fully saturated rings. The highest BCUT2D eigenvalue weighted by atomic mass is 16.1. The molecule has 0 spiro atoms. The van der Waals surface area contributed by atoms with Gasteiger partial charge in [-0.15, -0.1) is 0 Å². The summed E-state index contributed by atoms with van der Waals surface area (Å²) in [5, 5.41) is 3.90. The van der Waals surface area contributed by atoms with Gasteiger partial charge in [0.25, 0.3) is 5.91 Å². The number of amides is 1. The second kappa shape index (κ2) is 5.98. The maximum absolute atomic E-state index is 12.5. The van der Waals surface area contributed by atoms with Gasteiger partial charge < -0.3 is 5.32 Å². The summed E-state index contributed by atoms with van der Waals surface area (Å²) in [5.74, 6) is 0.341. The monoisotopic (exact) mass is 290 g/mol. The van der Waals surface area contributed by atoms with E-state index in [1.54, 1.807) is 12.3 Å². The Balaban J connectivity index is 1.87. The summed E-state index contributed by atoms with van der Waals surface area (Å²) in [6, 6.07) is 17.4. The van der Waals surface area contributed by atoms with Crippen LogP contribution in [-0.2, 0) is 0 Å². The van der Waals surface area contributed by atoms with Crippen molar-refractivity contribution < 1.29 is 4.79 Å². The fourth-order valence-electron chi connectivity index (χ4n) is 2.44. The van der Waals surface area contributed by atoms with Gasteiger partial charge in [-0.2, -0.15) is 0 Å². The van der Waals surface area contributed by atoms with E-state index in [1.807, 2.05) is 48.5 Å². The van der Waals surface area contributed by atoms with Crippen molar-refractivity contribution in [3.63, 3.8) is 0 Å². The van der Waals surface area contributed by atoms with Crippen LogP contribution in [0.3, 0.4) is 0 Å². The minimum absolute atomic E-state index is 0.137. The van der Waals surface area contributed by atoms with Gasteiger partial charge in [0.2, 0.25) is 0 Å². The second-order valence-electron chi connectivity index (χ2n) is 5.61. The summed E-state index contributed by atoms with van der Waals surface area (Å²) in [7, 11) is 0. The molecule has 110 valence electrons. The van der Waals surface area contributed by atoms with Crippen LogP contribution in [0.1, 0.15) is 35.7 Å². The minimum atomic E-state index is -0.137. The molecule has 0 aliphatic heterocycles. The van der Waals surface area contributed by atoms with Gasteiger partial charge in [0, 0.05) is 17.3 Å². The number of hydrogen-bond donors (Lipinski definition) is 1. The van der Waals surface area contributed by atoms with Crippen molar-refractivity contribution in [1.29, 1.82) is 0 Å². The number of pyridine rings is 1. The van der Waals surface area contributed by atoms with E-state index in [4.69, 9.17) is 0 Å². The summed E-state index contributed by atoms with van der Waals surface area (Å²) < 4.78 is 0. The van der Waals surface area contributed by atoms with Gasteiger partial charge in [-0.25, -0.2) is 0 Å². The highest BCUT2D eigenvalue weighted by molar-refractivity contribution is 6.11. The third kappa shape index (κ3) is 2.84. The smallest absolute Gasteiger partial charge is 0.257 e. The van der Waals surface area contributed by atoms with Crippen molar-refractivity contribution in [3.05, 3.63) is 71.9 Å². The number of fused-ring (bicyclic) bond motifs is 1. The molecule has 3 heteroatoms. The zero-order chi connectivity index (χ0) is 15.5. The Bertz CT molecular complexity index is 802. The van der Waals surface area contributed by atoms with E-state index in [0.29, 0.717) is 11.5 Å². The second-order valence-corrected chi connectivity index (χ2v) is 5.61. The molecule has 0 aliphatic rings. The normalized spacial score (nSPS) is 10.9. The van der Waals surface area contributed by atoms with Gasteiger partial charge in [-0.3, -0.25) is 9.78 Å². The Morgan fingerprint density at radius 2 is 1.73 bits per heavy atom. The lowest BCUT2D eigenvalue weighted by Gasteiger charge is -2.09. The first-order valence-electron chi connectivity index (χ1n) is 7.40. The predicted molar refractivity (Wildman–Crippen MR) is 90.2 cm³/mol. The number of carbonyl (C=O) groups excluding carboxylic acids is 1. The number of anilines is 1. The number of carbonyl (C=O) groups is 1. The molecule has 1 heterocycles. The van der Waals surface area contributed by atoms with Crippen LogP contribution in [0.5, 0.6) is 0 Å². The Morgan fingerprint density at radius 3 is 2.45 bits per heavy atom. The zero-order valence-corrected chi connectivity index (χ0v) is 12.7. The first-order chi connectivity index (χ1) is 10.6. The summed E-state index contributed by atoms with van der Waals surface area (Å²) in [6.07, 6.45) is 1.70. The topological polar surface area (TPSA) is 42.0 Å². The van der Waals surface area contributed by atoms with Gasteiger partial charge in [0.05, 0.1) is 11.1 Å². The molecular weight excluding hydrogens is 272 g/mol. The van der Waals surface area contributed by atoms with Crippen molar-refractivity contribution >= 4 is 22.5 Å². The largest absolute Gasteiger partial charge is 0.322 e. The number of hydrogen-bond acceptors (Lipinski definition) is 2. The Hall–Kier alpha value is -2.68. The van der Waals surface area contributed by atoms with Crippen LogP contribution >= 0.6 is 0 Å². The molecule has 0 saturated heterocycles. The third-order valence-electron chi connectivity index (χ3n) is 3.71. The molecule has 3 rings (SSSR count). The number of rotatable bonds is 3. The van der Waals surface area contributed by atoms with Gasteiger partial charge in [-0.05, 0) is 35.7 Å². The van der Waals surface area contributed by atoms with Gasteiger partial charge in [0.1, 0.15) is 0 Å². The number of para-hydroxylation sites is 1. The lowest BCUT2D eigenvalue weighted by Crippen LogP contribution is -2.12. The molecule has 22 heavy (non-hydrogen) atoms. The minimum Gasteiger partial charge on any atom is -0.322 e. The molecule has 3 aromatic rings. The maximum Gasteiger partial charge on any atom is 0.257 e. The summed E-state index contributed by atoms with van der Waals surface area (Å²) in [4.78, 5) is 16.8. The first kappa shape index (κ1) is 14.3. The number of aromatic nitrogens is 1. The molecule has 1 amide bonds. The first-order valence-corrected chi connectivity index (χ1v) is 7.40. The van der Waals surface area contributed by atoms with Crippen LogP contribution in [0, 0.1) is 0 Å². The molecule has 1 N–H and O–H groups in total. The quantitative estimate of drug-likeness (QED) is 0.765. The van der Waals surface area contributed by atoms with E-state index in [9.17, 15) is 4.79 Å². The highest BCUT2D eigenvalue weighted by Crippen LogP contribution is 2.20. The molecule has 0 aliphatic carbocycles. The molecule has 1 aromatic heterocycles. The van der Waals surface area contributed by atoms with Crippen molar-refractivity contribution in [2.75, 3.05) is 5.32 Å². The molecule has 3 nitrogen and oxygen atoms in total. The predicted octanol–water partition coefficient (Wildman–Crippen LogP) is 4.61. The standard InChI is InChI=1S/C19H18N2O/c1-13(2)14-8-10-16(11-9-14)21-19(22)17-7-3-5-15-6-4-12-20-18(15)17/h3-13H,1-2H3,(H,21,22). The van der Waals surface area contributed by atoms with Crippen LogP contribution in [0.4, 0.5) is 5.69 Å². The van der Waals surface area contributed by atoms with Crippen molar-refractivity contribution in [3.8, 4) is 0 Å². The van der Waals surface area contributed by atoms with E-state index >= 15 is 0 Å². The molecule has 0 saturated carbocycles. The Morgan fingerprint density at radius 1 is 1.00 bits per heavy atom. The SMILES string of the molecule is CC(C)c1ccc(NC(=O)c2cccc3cccnc23)cc1. The third-order valence-corrected chi connectivity index (χ3v) is 3.71. The highest BCUT2D eigenvalue weighted by Gasteiger charge is 2.11. The lowest BCUT2D eigenvalue weighted by atomic mass is 10.0. The lowest BCUT2D eigenvalue weighted by molar-refractivity contribution is 0.102. The van der Waals surface area contributed by atoms with E-state index in [-0.39, 0.29) is 5.91 Å². The van der Waals surface area contributed by atoms with Crippen LogP contribution in [0.15, 0.2) is 60.8 Å². The molecule has 2 aromatic carbocycles. The average Bonchev–Trinajstić information content (AvgIpc) is 2.54. The molecule has 0 atom stereocenters. The average molecular weight is 290 g/mol.